The molecular formula is C27H42N2O5S. The van der Waals surface area contributed by atoms with Gasteiger partial charge in [0.15, 0.2) is 0 Å². The molecule has 3 saturated heterocycles. The van der Waals surface area contributed by atoms with Crippen LogP contribution in [0, 0.1) is 11.8 Å². The Morgan fingerprint density at radius 1 is 1.23 bits per heavy atom. The largest absolute Gasteiger partial charge is 0.465 e. The number of hydrogen-bond donors (Lipinski definition) is 1. The topological polar surface area (TPSA) is 87.2 Å². The molecule has 3 heterocycles. The van der Waals surface area contributed by atoms with E-state index in [1.54, 1.807) is 28.8 Å². The molecule has 8 heteroatoms. The molecule has 5 atom stereocenters. The van der Waals surface area contributed by atoms with E-state index in [1.807, 2.05) is 25.7 Å². The Labute approximate surface area is 214 Å². The summed E-state index contributed by atoms with van der Waals surface area (Å²) in [5.41, 5.74) is -0.434. The highest BCUT2D eigenvalue weighted by atomic mass is 32.2. The van der Waals surface area contributed by atoms with Gasteiger partial charge in [-0.2, -0.15) is 0 Å². The molecule has 0 aromatic heterocycles. The van der Waals surface area contributed by atoms with Crippen LogP contribution in [0.15, 0.2) is 25.3 Å². The minimum absolute atomic E-state index is 0.00480. The second kappa shape index (κ2) is 11.5. The van der Waals surface area contributed by atoms with E-state index in [1.165, 1.54) is 0 Å². The summed E-state index contributed by atoms with van der Waals surface area (Å²) in [6.45, 7) is 14.8. The van der Waals surface area contributed by atoms with Crippen molar-refractivity contribution in [1.29, 1.82) is 0 Å². The Morgan fingerprint density at radius 2 is 1.97 bits per heavy atom. The average Bonchev–Trinajstić information content (AvgIpc) is 3.44. The van der Waals surface area contributed by atoms with Crippen LogP contribution in [-0.4, -0.2) is 80.6 Å². The number of esters is 1. The van der Waals surface area contributed by atoms with Crippen molar-refractivity contribution in [2.45, 2.75) is 87.3 Å². The summed E-state index contributed by atoms with van der Waals surface area (Å²) >= 11 is 1.67. The number of nitrogens with zero attached hydrogens (tertiary/aromatic N) is 2. The molecule has 0 aliphatic carbocycles. The predicted molar refractivity (Wildman–Crippen MR) is 139 cm³/mol. The minimum Gasteiger partial charge on any atom is -0.465 e. The number of carbonyl (C=O) groups is 3. The maximum atomic E-state index is 14.2. The number of amides is 2. The van der Waals surface area contributed by atoms with E-state index < -0.39 is 28.2 Å². The molecule has 0 aromatic carbocycles. The Balaban J connectivity index is 1.93. The number of likely N-dealkylation sites (tertiary alicyclic amines) is 1. The molecule has 35 heavy (non-hydrogen) atoms. The van der Waals surface area contributed by atoms with Gasteiger partial charge in [0, 0.05) is 30.5 Å². The van der Waals surface area contributed by atoms with Crippen molar-refractivity contribution in [2.24, 2.45) is 11.8 Å². The van der Waals surface area contributed by atoms with Crippen LogP contribution in [0.1, 0.15) is 65.7 Å². The summed E-state index contributed by atoms with van der Waals surface area (Å²) in [6.07, 6.45) is 8.70. The first-order valence-electron chi connectivity index (χ1n) is 12.9. The molecule has 0 radical (unpaired) electrons. The molecule has 7 nitrogen and oxygen atoms in total. The Hall–Kier alpha value is -1.80. The van der Waals surface area contributed by atoms with Crippen LogP contribution in [-0.2, 0) is 19.1 Å². The van der Waals surface area contributed by atoms with Gasteiger partial charge in [0.2, 0.25) is 11.8 Å². The van der Waals surface area contributed by atoms with Crippen LogP contribution in [0.25, 0.3) is 0 Å². The van der Waals surface area contributed by atoms with Gasteiger partial charge in [-0.1, -0.05) is 12.2 Å². The third kappa shape index (κ3) is 5.33. The highest BCUT2D eigenvalue weighted by molar-refractivity contribution is 8.02. The summed E-state index contributed by atoms with van der Waals surface area (Å²) in [6, 6.07) is -0.609. The van der Waals surface area contributed by atoms with Gasteiger partial charge in [-0.05, 0) is 65.7 Å². The quantitative estimate of drug-likeness (QED) is 0.234. The summed E-state index contributed by atoms with van der Waals surface area (Å²) in [5.74, 6) is -1.51. The predicted octanol–water partition coefficient (Wildman–Crippen LogP) is 3.56. The van der Waals surface area contributed by atoms with Gasteiger partial charge in [-0.15, -0.1) is 24.9 Å². The molecule has 0 aromatic rings. The molecule has 1 N–H and O–H groups in total. The van der Waals surface area contributed by atoms with Crippen LogP contribution in [0.2, 0.25) is 0 Å². The average molecular weight is 507 g/mol. The first-order valence-corrected chi connectivity index (χ1v) is 13.8. The number of hydrogen-bond acceptors (Lipinski definition) is 6. The molecule has 2 unspecified atom stereocenters. The number of aliphatic hydroxyl groups excluding tert-OH is 1. The van der Waals surface area contributed by atoms with Crippen molar-refractivity contribution >= 4 is 29.5 Å². The molecule has 2 bridgehead atoms. The van der Waals surface area contributed by atoms with Crippen molar-refractivity contribution in [3.05, 3.63) is 25.3 Å². The normalized spacial score (nSPS) is 29.3. The van der Waals surface area contributed by atoms with E-state index in [4.69, 9.17) is 4.74 Å². The fraction of sp³-hybridized carbons (Fsp3) is 0.741. The lowest BCUT2D eigenvalue weighted by Gasteiger charge is -2.42. The number of allylic oxidation sites excluding steroid dienone is 1. The molecule has 3 rings (SSSR count). The number of aliphatic hydroxyl groups is 1. The van der Waals surface area contributed by atoms with Crippen molar-refractivity contribution in [2.75, 3.05) is 26.3 Å². The smallest absolute Gasteiger partial charge is 0.310 e. The second-order valence-corrected chi connectivity index (χ2v) is 12.5. The highest BCUT2D eigenvalue weighted by Gasteiger charge is 2.74. The molecule has 1 spiro atoms. The number of unbranched alkanes of at least 4 members (excludes halogenated alkanes) is 3. The molecule has 3 aliphatic heterocycles. The zero-order valence-corrected chi connectivity index (χ0v) is 22.4. The standard InChI is InChI=1S/C27H42N2O5S/c1-6-8-12-18-34-25(33)20-19-13-14-27(35-19)21(20)23(31)28(16-10-9-11-17-30)22(27)24(32)29(15-7-2)26(3,4)5/h6-7,19-22,30H,1-2,8-18H2,3-5H3/t19-,20+,21-,22?,27?/m0/s1. The van der Waals surface area contributed by atoms with Crippen LogP contribution >= 0.6 is 11.8 Å². The van der Waals surface area contributed by atoms with Crippen LogP contribution in [0.3, 0.4) is 0 Å². The molecule has 3 fully saturated rings. The third-order valence-corrected chi connectivity index (χ3v) is 9.50. The zero-order chi connectivity index (χ0) is 25.8. The lowest BCUT2D eigenvalue weighted by Crippen LogP contribution is -2.58. The van der Waals surface area contributed by atoms with Crippen LogP contribution in [0.4, 0.5) is 0 Å². The number of fused-ring (bicyclic) bond motifs is 1. The first kappa shape index (κ1) is 27.8. The van der Waals surface area contributed by atoms with Gasteiger partial charge in [0.1, 0.15) is 6.04 Å². The van der Waals surface area contributed by atoms with E-state index in [-0.39, 0.29) is 29.6 Å². The number of carbonyl (C=O) groups excluding carboxylic acids is 3. The van der Waals surface area contributed by atoms with E-state index in [0.29, 0.717) is 39.0 Å². The monoisotopic (exact) mass is 506 g/mol. The van der Waals surface area contributed by atoms with Crippen molar-refractivity contribution in [1.82, 2.24) is 9.80 Å². The van der Waals surface area contributed by atoms with Gasteiger partial charge in [-0.25, -0.2) is 0 Å². The summed E-state index contributed by atoms with van der Waals surface area (Å²) < 4.78 is 5.01. The molecule has 196 valence electrons. The van der Waals surface area contributed by atoms with E-state index in [0.717, 1.165) is 25.7 Å². The first-order chi connectivity index (χ1) is 16.6. The second-order valence-electron chi connectivity index (χ2n) is 10.9. The SMILES string of the molecule is C=CCCCOC(=O)[C@@H]1[C@@H]2CCC3(S2)C(C(=O)N(CC=C)C(C)(C)C)N(CCCCCO)C(=O)[C@H]13. The van der Waals surface area contributed by atoms with Gasteiger partial charge in [-0.3, -0.25) is 14.4 Å². The summed E-state index contributed by atoms with van der Waals surface area (Å²) in [5, 5.41) is 9.18. The fourth-order valence-electron chi connectivity index (χ4n) is 5.98. The number of thioether (sulfide) groups is 1. The van der Waals surface area contributed by atoms with Crippen LogP contribution < -0.4 is 0 Å². The number of rotatable bonds is 13. The van der Waals surface area contributed by atoms with Crippen LogP contribution in [0.5, 0.6) is 0 Å². The van der Waals surface area contributed by atoms with E-state index in [9.17, 15) is 19.5 Å². The molecular weight excluding hydrogens is 464 g/mol. The van der Waals surface area contributed by atoms with Crippen molar-refractivity contribution in [3.63, 3.8) is 0 Å². The summed E-state index contributed by atoms with van der Waals surface area (Å²) in [7, 11) is 0. The van der Waals surface area contributed by atoms with Crippen molar-refractivity contribution in [3.8, 4) is 0 Å². The fourth-order valence-corrected chi connectivity index (χ4v) is 8.18. The number of ether oxygens (including phenoxy) is 1. The Kier molecular flexibility index (Phi) is 9.13. The maximum absolute atomic E-state index is 14.2. The highest BCUT2D eigenvalue weighted by Crippen LogP contribution is 2.66. The minimum atomic E-state index is -0.609. The summed E-state index contributed by atoms with van der Waals surface area (Å²) in [4.78, 5) is 44.9. The zero-order valence-electron chi connectivity index (χ0n) is 21.5. The van der Waals surface area contributed by atoms with Gasteiger partial charge >= 0.3 is 5.97 Å². The van der Waals surface area contributed by atoms with E-state index >= 15 is 0 Å². The lowest BCUT2D eigenvalue weighted by atomic mass is 9.71. The van der Waals surface area contributed by atoms with Gasteiger partial charge in [0.05, 0.1) is 23.2 Å². The van der Waals surface area contributed by atoms with Crippen molar-refractivity contribution < 1.29 is 24.2 Å². The lowest BCUT2D eigenvalue weighted by molar-refractivity contribution is -0.154. The van der Waals surface area contributed by atoms with Gasteiger partial charge in [0.25, 0.3) is 0 Å². The van der Waals surface area contributed by atoms with E-state index in [2.05, 4.69) is 13.2 Å². The molecule has 2 amide bonds. The molecule has 0 saturated carbocycles. The van der Waals surface area contributed by atoms with Gasteiger partial charge < -0.3 is 19.6 Å². The maximum Gasteiger partial charge on any atom is 0.310 e. The molecule has 3 aliphatic rings. The third-order valence-electron chi connectivity index (χ3n) is 7.55. The Morgan fingerprint density at radius 3 is 2.60 bits per heavy atom. The Bertz CT molecular complexity index is 825.